The first-order chi connectivity index (χ1) is 6.70. The lowest BCUT2D eigenvalue weighted by atomic mass is 9.92. The van der Waals surface area contributed by atoms with E-state index in [2.05, 4.69) is 31.3 Å². The molecule has 2 rings (SSSR count). The van der Waals surface area contributed by atoms with Crippen LogP contribution in [0.3, 0.4) is 0 Å². The quantitative estimate of drug-likeness (QED) is 0.710. The van der Waals surface area contributed by atoms with Crippen molar-refractivity contribution in [1.29, 1.82) is 0 Å². The molecule has 1 heterocycles. The van der Waals surface area contributed by atoms with Gasteiger partial charge in [0.15, 0.2) is 0 Å². The van der Waals surface area contributed by atoms with Gasteiger partial charge in [-0.1, -0.05) is 6.07 Å². The fourth-order valence-electron chi connectivity index (χ4n) is 1.98. The molecule has 0 fully saturated rings. The van der Waals surface area contributed by atoms with Gasteiger partial charge in [0.1, 0.15) is 0 Å². The van der Waals surface area contributed by atoms with Crippen LogP contribution in [0, 0.1) is 19.8 Å². The van der Waals surface area contributed by atoms with Crippen LogP contribution in [-0.4, -0.2) is 18.3 Å². The van der Waals surface area contributed by atoms with Gasteiger partial charge in [0.2, 0.25) is 0 Å². The van der Waals surface area contributed by atoms with E-state index in [1.807, 2.05) is 0 Å². The van der Waals surface area contributed by atoms with Crippen LogP contribution in [0.5, 0.6) is 0 Å². The minimum atomic E-state index is 0.277. The maximum Gasteiger partial charge on any atom is 0.0479 e. The highest BCUT2D eigenvalue weighted by Crippen LogP contribution is 2.27. The molecule has 2 nitrogen and oxygen atoms in total. The van der Waals surface area contributed by atoms with E-state index in [1.54, 1.807) is 0 Å². The fraction of sp³-hybridized carbons (Fsp3) is 0.500. The molecule has 0 amide bonds. The summed E-state index contributed by atoms with van der Waals surface area (Å²) in [6, 6.07) is 4.44. The summed E-state index contributed by atoms with van der Waals surface area (Å²) in [6.07, 6.45) is 1.000. The molecule has 0 aromatic heterocycles. The van der Waals surface area contributed by atoms with Gasteiger partial charge in [-0.05, 0) is 43.0 Å². The van der Waals surface area contributed by atoms with Crippen molar-refractivity contribution in [1.82, 2.24) is 0 Å². The number of aliphatic hydroxyl groups excluding tert-OH is 1. The molecule has 14 heavy (non-hydrogen) atoms. The van der Waals surface area contributed by atoms with Gasteiger partial charge in [0, 0.05) is 24.8 Å². The summed E-state index contributed by atoms with van der Waals surface area (Å²) in [6.45, 7) is 5.44. The van der Waals surface area contributed by atoms with Crippen molar-refractivity contribution in [3.8, 4) is 0 Å². The molecule has 1 aromatic carbocycles. The van der Waals surface area contributed by atoms with Crippen LogP contribution < -0.4 is 5.32 Å². The third-order valence-electron chi connectivity index (χ3n) is 3.07. The molecule has 76 valence electrons. The topological polar surface area (TPSA) is 32.3 Å². The Balaban J connectivity index is 2.33. The molecule has 1 aliphatic rings. The van der Waals surface area contributed by atoms with Crippen molar-refractivity contribution in [3.63, 3.8) is 0 Å². The van der Waals surface area contributed by atoms with E-state index in [4.69, 9.17) is 5.11 Å². The summed E-state index contributed by atoms with van der Waals surface area (Å²) in [5, 5.41) is 12.5. The fourth-order valence-corrected chi connectivity index (χ4v) is 1.98. The summed E-state index contributed by atoms with van der Waals surface area (Å²) in [5.74, 6) is 0.379. The van der Waals surface area contributed by atoms with Gasteiger partial charge in [-0.3, -0.25) is 0 Å². The van der Waals surface area contributed by atoms with E-state index in [0.717, 1.165) is 13.0 Å². The van der Waals surface area contributed by atoms with E-state index in [9.17, 15) is 0 Å². The number of nitrogens with one attached hydrogen (secondary N) is 1. The highest BCUT2D eigenvalue weighted by molar-refractivity contribution is 5.57. The zero-order valence-corrected chi connectivity index (χ0v) is 8.80. The Morgan fingerprint density at radius 1 is 1.36 bits per heavy atom. The first kappa shape index (κ1) is 9.53. The van der Waals surface area contributed by atoms with Gasteiger partial charge in [-0.25, -0.2) is 0 Å². The van der Waals surface area contributed by atoms with E-state index >= 15 is 0 Å². The summed E-state index contributed by atoms with van der Waals surface area (Å²) in [4.78, 5) is 0. The second-order valence-electron chi connectivity index (χ2n) is 4.23. The van der Waals surface area contributed by atoms with Crippen molar-refractivity contribution in [2.24, 2.45) is 5.92 Å². The highest BCUT2D eigenvalue weighted by Gasteiger charge is 2.17. The van der Waals surface area contributed by atoms with Crippen molar-refractivity contribution in [3.05, 3.63) is 28.8 Å². The summed E-state index contributed by atoms with van der Waals surface area (Å²) in [7, 11) is 0. The number of aryl methyl sites for hydroxylation is 2. The zero-order valence-electron chi connectivity index (χ0n) is 8.80. The molecule has 0 spiro atoms. The molecular formula is C12H17NO. The number of aliphatic hydroxyl groups is 1. The Morgan fingerprint density at radius 3 is 2.79 bits per heavy atom. The summed E-state index contributed by atoms with van der Waals surface area (Å²) < 4.78 is 0. The molecular weight excluding hydrogens is 174 g/mol. The van der Waals surface area contributed by atoms with E-state index in [0.29, 0.717) is 5.92 Å². The van der Waals surface area contributed by atoms with Crippen LogP contribution in [0.2, 0.25) is 0 Å². The average Bonchev–Trinajstić information content (AvgIpc) is 2.19. The maximum atomic E-state index is 9.10. The molecule has 2 N–H and O–H groups in total. The standard InChI is InChI=1S/C12H17NO/c1-8-3-11-5-10(7-14)6-13-12(11)4-9(8)2/h3-4,10,13-14H,5-7H2,1-2H3. The lowest BCUT2D eigenvalue weighted by Gasteiger charge is -2.25. The monoisotopic (exact) mass is 191 g/mol. The highest BCUT2D eigenvalue weighted by atomic mass is 16.3. The molecule has 0 saturated carbocycles. The number of anilines is 1. The molecule has 2 heteroatoms. The second kappa shape index (κ2) is 3.62. The lowest BCUT2D eigenvalue weighted by Crippen LogP contribution is -2.25. The molecule has 0 radical (unpaired) electrons. The van der Waals surface area contributed by atoms with Crippen molar-refractivity contribution < 1.29 is 5.11 Å². The van der Waals surface area contributed by atoms with Gasteiger partial charge < -0.3 is 10.4 Å². The maximum absolute atomic E-state index is 9.10. The molecule has 1 atom stereocenters. The van der Waals surface area contributed by atoms with Gasteiger partial charge >= 0.3 is 0 Å². The van der Waals surface area contributed by atoms with Crippen molar-refractivity contribution in [2.45, 2.75) is 20.3 Å². The van der Waals surface area contributed by atoms with Crippen LogP contribution >= 0.6 is 0 Å². The molecule has 1 aromatic rings. The third kappa shape index (κ3) is 1.62. The number of rotatable bonds is 1. The summed E-state index contributed by atoms with van der Waals surface area (Å²) in [5.41, 5.74) is 5.26. The first-order valence-corrected chi connectivity index (χ1v) is 5.15. The number of benzene rings is 1. The largest absolute Gasteiger partial charge is 0.396 e. The molecule has 0 aliphatic carbocycles. The summed E-state index contributed by atoms with van der Waals surface area (Å²) >= 11 is 0. The van der Waals surface area contributed by atoms with Gasteiger partial charge in [0.25, 0.3) is 0 Å². The Morgan fingerprint density at radius 2 is 2.07 bits per heavy atom. The smallest absolute Gasteiger partial charge is 0.0479 e. The number of hydrogen-bond donors (Lipinski definition) is 2. The molecule has 1 unspecified atom stereocenters. The SMILES string of the molecule is Cc1cc2c(cc1C)NCC(CO)C2. The predicted octanol–water partition coefficient (Wildman–Crippen LogP) is 1.88. The minimum absolute atomic E-state index is 0.277. The minimum Gasteiger partial charge on any atom is -0.396 e. The Hall–Kier alpha value is -1.02. The third-order valence-corrected chi connectivity index (χ3v) is 3.07. The normalized spacial score (nSPS) is 20.1. The van der Waals surface area contributed by atoms with Crippen molar-refractivity contribution in [2.75, 3.05) is 18.5 Å². The Kier molecular flexibility index (Phi) is 2.46. The van der Waals surface area contributed by atoms with E-state index < -0.39 is 0 Å². The number of fused-ring (bicyclic) bond motifs is 1. The van der Waals surface area contributed by atoms with Gasteiger partial charge in [0.05, 0.1) is 0 Å². The van der Waals surface area contributed by atoms with Gasteiger partial charge in [-0.2, -0.15) is 0 Å². The van der Waals surface area contributed by atoms with Crippen molar-refractivity contribution >= 4 is 5.69 Å². The number of hydrogen-bond acceptors (Lipinski definition) is 2. The van der Waals surface area contributed by atoms with E-state index in [-0.39, 0.29) is 6.61 Å². The van der Waals surface area contributed by atoms with Crippen LogP contribution in [0.1, 0.15) is 16.7 Å². The zero-order chi connectivity index (χ0) is 10.1. The molecule has 0 bridgehead atoms. The second-order valence-corrected chi connectivity index (χ2v) is 4.23. The van der Waals surface area contributed by atoms with Crippen LogP contribution in [0.4, 0.5) is 5.69 Å². The predicted molar refractivity (Wildman–Crippen MR) is 58.7 cm³/mol. The van der Waals surface area contributed by atoms with Crippen LogP contribution in [-0.2, 0) is 6.42 Å². The Bertz CT molecular complexity index is 346. The van der Waals surface area contributed by atoms with Crippen LogP contribution in [0.15, 0.2) is 12.1 Å². The molecule has 0 saturated heterocycles. The lowest BCUT2D eigenvalue weighted by molar-refractivity contribution is 0.230. The van der Waals surface area contributed by atoms with Crippen LogP contribution in [0.25, 0.3) is 0 Å². The molecule has 1 aliphatic heterocycles. The first-order valence-electron chi connectivity index (χ1n) is 5.15. The average molecular weight is 191 g/mol. The van der Waals surface area contributed by atoms with E-state index in [1.165, 1.54) is 22.4 Å². The Labute approximate surface area is 85.0 Å². The van der Waals surface area contributed by atoms with Gasteiger partial charge in [-0.15, -0.1) is 0 Å².